The van der Waals surface area contributed by atoms with E-state index in [0.717, 1.165) is 0 Å². The molecule has 0 radical (unpaired) electrons. The van der Waals surface area contributed by atoms with Crippen LogP contribution in [0.3, 0.4) is 0 Å². The van der Waals surface area contributed by atoms with Gasteiger partial charge in [-0.3, -0.25) is 9.59 Å². The predicted molar refractivity (Wildman–Crippen MR) is 69.1 cm³/mol. The molecule has 0 atom stereocenters. The number of halogens is 2. The summed E-state index contributed by atoms with van der Waals surface area (Å²) < 4.78 is 6.20. The molecule has 0 amide bonds. The van der Waals surface area contributed by atoms with Crippen LogP contribution in [0.5, 0.6) is 0 Å². The third-order valence-corrected chi connectivity index (χ3v) is 3.02. The Kier molecular flexibility index (Phi) is 3.59. The van der Waals surface area contributed by atoms with Crippen LogP contribution in [0.2, 0.25) is 5.02 Å². The number of benzene rings is 1. The highest BCUT2D eigenvalue weighted by atomic mass is 35.5. The van der Waals surface area contributed by atoms with Gasteiger partial charge in [0, 0.05) is 22.1 Å². The largest absolute Gasteiger partial charge is 0.468 e. The number of nitrogens with zero attached hydrogens (tertiary/aromatic N) is 1. The number of rotatable bonds is 3. The number of carbonyl (C=O) groups excluding carboxylic acids is 2. The number of fused-ring (bicyclic) bond motifs is 1. The van der Waals surface area contributed by atoms with E-state index in [2.05, 4.69) is 4.74 Å². The van der Waals surface area contributed by atoms with Gasteiger partial charge < -0.3 is 9.30 Å². The SMILES string of the molecule is COC(=O)Cn1cc(C(=O)Cl)c2cc(Cl)ccc21. The molecule has 0 fully saturated rings. The lowest BCUT2D eigenvalue weighted by atomic mass is 10.2. The summed E-state index contributed by atoms with van der Waals surface area (Å²) in [6, 6.07) is 5.05. The molecule has 0 aliphatic carbocycles. The molecule has 0 saturated carbocycles. The van der Waals surface area contributed by atoms with Crippen molar-refractivity contribution in [3.05, 3.63) is 35.0 Å². The van der Waals surface area contributed by atoms with Gasteiger partial charge in [-0.05, 0) is 29.8 Å². The topological polar surface area (TPSA) is 48.3 Å². The van der Waals surface area contributed by atoms with Crippen LogP contribution in [0.4, 0.5) is 0 Å². The quantitative estimate of drug-likeness (QED) is 0.644. The standard InChI is InChI=1S/C12H9Cl2NO3/c1-18-11(16)6-15-5-9(12(14)17)8-4-7(13)2-3-10(8)15/h2-5H,6H2,1H3. The van der Waals surface area contributed by atoms with Crippen LogP contribution in [0, 0.1) is 0 Å². The van der Waals surface area contributed by atoms with E-state index in [-0.39, 0.29) is 6.54 Å². The molecule has 1 aromatic carbocycles. The average molecular weight is 286 g/mol. The average Bonchev–Trinajstić information content (AvgIpc) is 2.67. The maximum absolute atomic E-state index is 11.3. The highest BCUT2D eigenvalue weighted by Gasteiger charge is 2.15. The number of aromatic nitrogens is 1. The molecule has 2 aromatic rings. The van der Waals surface area contributed by atoms with Crippen molar-refractivity contribution in [2.75, 3.05) is 7.11 Å². The van der Waals surface area contributed by atoms with Gasteiger partial charge in [-0.1, -0.05) is 11.6 Å². The minimum Gasteiger partial charge on any atom is -0.468 e. The molecule has 0 saturated heterocycles. The van der Waals surface area contributed by atoms with E-state index in [4.69, 9.17) is 23.2 Å². The smallest absolute Gasteiger partial charge is 0.325 e. The Balaban J connectivity index is 2.61. The molecule has 94 valence electrons. The summed E-state index contributed by atoms with van der Waals surface area (Å²) in [5, 5.41) is 0.523. The fourth-order valence-corrected chi connectivity index (χ4v) is 2.08. The summed E-state index contributed by atoms with van der Waals surface area (Å²) in [7, 11) is 1.30. The van der Waals surface area contributed by atoms with Gasteiger partial charge in [0.1, 0.15) is 6.54 Å². The monoisotopic (exact) mass is 285 g/mol. The minimum atomic E-state index is -0.592. The zero-order valence-electron chi connectivity index (χ0n) is 9.44. The van der Waals surface area contributed by atoms with Crippen molar-refractivity contribution in [3.8, 4) is 0 Å². The van der Waals surface area contributed by atoms with Crippen molar-refractivity contribution in [3.63, 3.8) is 0 Å². The molecule has 1 aromatic heterocycles. The van der Waals surface area contributed by atoms with Gasteiger partial charge >= 0.3 is 5.97 Å². The molecular formula is C12H9Cl2NO3. The third kappa shape index (κ3) is 2.35. The second-order valence-corrected chi connectivity index (χ2v) is 4.46. The van der Waals surface area contributed by atoms with Crippen LogP contribution in [-0.2, 0) is 16.1 Å². The van der Waals surface area contributed by atoms with Crippen molar-refractivity contribution in [1.82, 2.24) is 4.57 Å². The maximum atomic E-state index is 11.3. The van der Waals surface area contributed by atoms with Gasteiger partial charge in [-0.15, -0.1) is 0 Å². The van der Waals surface area contributed by atoms with Gasteiger partial charge in [-0.2, -0.15) is 0 Å². The minimum absolute atomic E-state index is 0.0127. The van der Waals surface area contributed by atoms with Gasteiger partial charge in [0.05, 0.1) is 12.7 Å². The number of ether oxygens (including phenoxy) is 1. The van der Waals surface area contributed by atoms with Crippen molar-refractivity contribution >= 4 is 45.3 Å². The first kappa shape index (κ1) is 12.9. The molecule has 0 aliphatic heterocycles. The Morgan fingerprint density at radius 1 is 1.39 bits per heavy atom. The molecule has 0 N–H and O–H groups in total. The summed E-state index contributed by atoms with van der Waals surface area (Å²) in [6.45, 7) is 0.0127. The second kappa shape index (κ2) is 5.00. The highest BCUT2D eigenvalue weighted by molar-refractivity contribution is 6.68. The number of hydrogen-bond donors (Lipinski definition) is 0. The number of methoxy groups -OCH3 is 1. The van der Waals surface area contributed by atoms with E-state index in [9.17, 15) is 9.59 Å². The lowest BCUT2D eigenvalue weighted by molar-refractivity contribution is -0.141. The van der Waals surface area contributed by atoms with Crippen LogP contribution >= 0.6 is 23.2 Å². The van der Waals surface area contributed by atoms with Gasteiger partial charge in [0.15, 0.2) is 0 Å². The molecule has 0 spiro atoms. The van der Waals surface area contributed by atoms with Gasteiger partial charge in [0.25, 0.3) is 5.24 Å². The Morgan fingerprint density at radius 3 is 2.72 bits per heavy atom. The molecule has 2 rings (SSSR count). The second-order valence-electron chi connectivity index (χ2n) is 3.68. The molecule has 6 heteroatoms. The Morgan fingerprint density at radius 2 is 2.11 bits per heavy atom. The van der Waals surface area contributed by atoms with E-state index in [1.807, 2.05) is 0 Å². The summed E-state index contributed by atoms with van der Waals surface area (Å²) in [5.74, 6) is -0.407. The van der Waals surface area contributed by atoms with Crippen molar-refractivity contribution in [2.24, 2.45) is 0 Å². The highest BCUT2D eigenvalue weighted by Crippen LogP contribution is 2.26. The van der Waals surface area contributed by atoms with Crippen molar-refractivity contribution < 1.29 is 14.3 Å². The summed E-state index contributed by atoms with van der Waals surface area (Å²) >= 11 is 11.4. The van der Waals surface area contributed by atoms with Crippen LogP contribution in [0.15, 0.2) is 24.4 Å². The van der Waals surface area contributed by atoms with Crippen LogP contribution in [0.25, 0.3) is 10.9 Å². The van der Waals surface area contributed by atoms with Crippen LogP contribution < -0.4 is 0 Å². The van der Waals surface area contributed by atoms with E-state index in [1.54, 1.807) is 22.8 Å². The molecule has 1 heterocycles. The van der Waals surface area contributed by atoms with Crippen LogP contribution in [-0.4, -0.2) is 22.9 Å². The Bertz CT molecular complexity index is 634. The summed E-state index contributed by atoms with van der Waals surface area (Å²) in [5.41, 5.74) is 1.02. The van der Waals surface area contributed by atoms with Gasteiger partial charge in [-0.25, -0.2) is 0 Å². The van der Waals surface area contributed by atoms with Crippen LogP contribution in [0.1, 0.15) is 10.4 Å². The lowest BCUT2D eigenvalue weighted by Crippen LogP contribution is -2.10. The fraction of sp³-hybridized carbons (Fsp3) is 0.167. The van der Waals surface area contributed by atoms with Crippen molar-refractivity contribution in [2.45, 2.75) is 6.54 Å². The Labute approximate surface area is 113 Å². The first-order valence-corrected chi connectivity index (χ1v) is 5.83. The zero-order chi connectivity index (χ0) is 13.3. The van der Waals surface area contributed by atoms with E-state index >= 15 is 0 Å². The fourth-order valence-electron chi connectivity index (χ4n) is 1.76. The molecule has 0 bridgehead atoms. The molecule has 0 aliphatic rings. The number of carbonyl (C=O) groups is 2. The van der Waals surface area contributed by atoms with E-state index < -0.39 is 11.2 Å². The molecule has 18 heavy (non-hydrogen) atoms. The van der Waals surface area contributed by atoms with E-state index in [0.29, 0.717) is 21.5 Å². The van der Waals surface area contributed by atoms with Crippen molar-refractivity contribution in [1.29, 1.82) is 0 Å². The third-order valence-electron chi connectivity index (χ3n) is 2.58. The molecular weight excluding hydrogens is 277 g/mol. The number of esters is 1. The summed E-state index contributed by atoms with van der Waals surface area (Å²) in [6.07, 6.45) is 1.52. The summed E-state index contributed by atoms with van der Waals surface area (Å²) in [4.78, 5) is 22.6. The number of hydrogen-bond acceptors (Lipinski definition) is 3. The lowest BCUT2D eigenvalue weighted by Gasteiger charge is -2.03. The molecule has 4 nitrogen and oxygen atoms in total. The normalized spacial score (nSPS) is 10.6. The van der Waals surface area contributed by atoms with Gasteiger partial charge in [0.2, 0.25) is 0 Å². The maximum Gasteiger partial charge on any atom is 0.325 e. The first-order valence-electron chi connectivity index (χ1n) is 5.08. The van der Waals surface area contributed by atoms with E-state index in [1.165, 1.54) is 13.3 Å². The Hall–Kier alpha value is -1.52. The zero-order valence-corrected chi connectivity index (χ0v) is 11.0. The first-order chi connectivity index (χ1) is 8.52. The molecule has 0 unspecified atom stereocenters. The predicted octanol–water partition coefficient (Wildman–Crippen LogP) is 2.85.